The van der Waals surface area contributed by atoms with E-state index in [1.54, 1.807) is 23.8 Å². The number of anilines is 1. The first kappa shape index (κ1) is 28.2. The number of hydrogen-bond acceptors (Lipinski definition) is 5. The fourth-order valence-corrected chi connectivity index (χ4v) is 5.48. The van der Waals surface area contributed by atoms with Crippen LogP contribution in [-0.2, 0) is 10.9 Å². The van der Waals surface area contributed by atoms with E-state index in [2.05, 4.69) is 22.6 Å². The molecule has 2 aromatic rings. The number of likely N-dealkylation sites (tertiary alicyclic amines) is 1. The predicted octanol–water partition coefficient (Wildman–Crippen LogP) is 4.91. The number of hydrogen-bond donors (Lipinski definition) is 2. The maximum Gasteiger partial charge on any atom is 0.416 e. The van der Waals surface area contributed by atoms with Crippen LogP contribution in [-0.4, -0.2) is 54.8 Å². The highest BCUT2D eigenvalue weighted by Crippen LogP contribution is 2.34. The normalized spacial score (nSPS) is 20.5. The lowest BCUT2D eigenvalue weighted by Gasteiger charge is -2.27. The maximum absolute atomic E-state index is 13.6. The van der Waals surface area contributed by atoms with Crippen molar-refractivity contribution in [1.29, 1.82) is 0 Å². The lowest BCUT2D eigenvalue weighted by Crippen LogP contribution is -2.34. The molecule has 1 amide bonds. The third-order valence-corrected chi connectivity index (χ3v) is 7.72. The van der Waals surface area contributed by atoms with E-state index in [9.17, 15) is 22.8 Å². The molecule has 2 N–H and O–H groups in total. The summed E-state index contributed by atoms with van der Waals surface area (Å²) in [6, 6.07) is 4.84. The van der Waals surface area contributed by atoms with Crippen molar-refractivity contribution in [1.82, 2.24) is 14.8 Å². The van der Waals surface area contributed by atoms with Crippen molar-refractivity contribution in [3.8, 4) is 0 Å². The van der Waals surface area contributed by atoms with E-state index in [0.717, 1.165) is 38.4 Å². The van der Waals surface area contributed by atoms with Gasteiger partial charge in [-0.25, -0.2) is 0 Å². The number of halogens is 3. The molecule has 1 aromatic heterocycles. The van der Waals surface area contributed by atoms with E-state index in [4.69, 9.17) is 4.74 Å². The Morgan fingerprint density at radius 2 is 1.87 bits per heavy atom. The molecule has 2 saturated heterocycles. The Kier molecular flexibility index (Phi) is 8.82. The minimum Gasteiger partial charge on any atom is -0.381 e. The molecule has 1 unspecified atom stereocenters. The molecule has 10 heteroatoms. The molecule has 2 fully saturated rings. The summed E-state index contributed by atoms with van der Waals surface area (Å²) >= 11 is 0. The van der Waals surface area contributed by atoms with Crippen molar-refractivity contribution >= 4 is 11.6 Å². The first-order chi connectivity index (χ1) is 18.0. The van der Waals surface area contributed by atoms with Crippen LogP contribution in [0.25, 0.3) is 0 Å². The quantitative estimate of drug-likeness (QED) is 0.551. The number of benzene rings is 1. The highest BCUT2D eigenvalue weighted by Gasteiger charge is 2.33. The molecule has 0 bridgehead atoms. The van der Waals surface area contributed by atoms with Crippen LogP contribution >= 0.6 is 0 Å². The van der Waals surface area contributed by atoms with Crippen molar-refractivity contribution < 1.29 is 22.7 Å². The fraction of sp³-hybridized carbons (Fsp3) is 0.571. The number of nitrogens with zero attached hydrogens (tertiary/aromatic N) is 2. The number of carbonyl (C=O) groups excluding carboxylic acids is 1. The average molecular weight is 535 g/mol. The molecule has 0 aliphatic carbocycles. The van der Waals surface area contributed by atoms with Gasteiger partial charge in [0.2, 0.25) is 0 Å². The Morgan fingerprint density at radius 1 is 1.13 bits per heavy atom. The summed E-state index contributed by atoms with van der Waals surface area (Å²) < 4.78 is 47.4. The van der Waals surface area contributed by atoms with Gasteiger partial charge in [-0.2, -0.15) is 13.2 Å². The summed E-state index contributed by atoms with van der Waals surface area (Å²) in [6.45, 7) is 6.07. The van der Waals surface area contributed by atoms with Gasteiger partial charge in [0.05, 0.1) is 22.9 Å². The summed E-state index contributed by atoms with van der Waals surface area (Å²) in [7, 11) is 2.08. The molecule has 0 radical (unpaired) electrons. The van der Waals surface area contributed by atoms with Crippen LogP contribution in [0.5, 0.6) is 0 Å². The minimum atomic E-state index is -4.48. The molecule has 2 atom stereocenters. The smallest absolute Gasteiger partial charge is 0.381 e. The van der Waals surface area contributed by atoms with Gasteiger partial charge in [0.25, 0.3) is 11.5 Å². The number of nitrogens with one attached hydrogen (secondary N) is 2. The van der Waals surface area contributed by atoms with Crippen LogP contribution in [0.2, 0.25) is 0 Å². The molecule has 0 saturated carbocycles. The first-order valence-electron chi connectivity index (χ1n) is 13.3. The van der Waals surface area contributed by atoms with Crippen LogP contribution in [0.4, 0.5) is 18.9 Å². The van der Waals surface area contributed by atoms with Gasteiger partial charge in [0, 0.05) is 37.6 Å². The molecule has 0 spiro atoms. The molecular weight excluding hydrogens is 497 g/mol. The molecule has 208 valence electrons. The van der Waals surface area contributed by atoms with E-state index in [1.165, 1.54) is 19.1 Å². The minimum absolute atomic E-state index is 0.0773. The molecular formula is C28H37F3N4O3. The molecule has 4 rings (SSSR count). The number of rotatable bonds is 6. The lowest BCUT2D eigenvalue weighted by atomic mass is 9.97. The van der Waals surface area contributed by atoms with E-state index >= 15 is 0 Å². The van der Waals surface area contributed by atoms with Crippen molar-refractivity contribution in [2.45, 2.75) is 70.3 Å². The number of carbonyl (C=O) groups is 1. The van der Waals surface area contributed by atoms with Crippen molar-refractivity contribution in [2.24, 2.45) is 0 Å². The highest BCUT2D eigenvalue weighted by molar-refractivity contribution is 5.99. The Hall–Kier alpha value is -2.85. The molecule has 3 heterocycles. The molecule has 7 nitrogen and oxygen atoms in total. The third-order valence-electron chi connectivity index (χ3n) is 7.72. The topological polar surface area (TPSA) is 75.6 Å². The second-order valence-electron chi connectivity index (χ2n) is 10.5. The zero-order valence-corrected chi connectivity index (χ0v) is 22.2. The van der Waals surface area contributed by atoms with Gasteiger partial charge in [-0.15, -0.1) is 0 Å². The number of alkyl halides is 3. The Labute approximate surface area is 221 Å². The van der Waals surface area contributed by atoms with E-state index in [1.807, 2.05) is 0 Å². The van der Waals surface area contributed by atoms with Gasteiger partial charge in [0.15, 0.2) is 0 Å². The van der Waals surface area contributed by atoms with Gasteiger partial charge >= 0.3 is 6.18 Å². The summed E-state index contributed by atoms with van der Waals surface area (Å²) in [4.78, 5) is 29.0. The van der Waals surface area contributed by atoms with Gasteiger partial charge in [-0.3, -0.25) is 9.59 Å². The maximum atomic E-state index is 13.6. The summed E-state index contributed by atoms with van der Waals surface area (Å²) in [6.07, 6.45) is 1.25. The summed E-state index contributed by atoms with van der Waals surface area (Å²) in [5.74, 6) is -0.441. The van der Waals surface area contributed by atoms with Crippen molar-refractivity contribution in [3.05, 3.63) is 63.1 Å². The standard InChI is InChI=1S/C28H37F3N4O3/c1-18-22(7-4-8-24(18)28(29,30)31)19(2)32-27(37)23-17-35(21-10-14-38-15-11-21)26(36)16-25(23)33-20-6-5-12-34(3)13-9-20/h4,7-8,16-17,19-21,33H,5-6,9-15H2,1-3H3,(H,32,37)/t19?,20-/m0/s1. The van der Waals surface area contributed by atoms with Crippen LogP contribution in [0.1, 0.15) is 78.2 Å². The van der Waals surface area contributed by atoms with Crippen molar-refractivity contribution in [3.63, 3.8) is 0 Å². The monoisotopic (exact) mass is 534 g/mol. The second-order valence-corrected chi connectivity index (χ2v) is 10.5. The molecule has 2 aliphatic rings. The lowest BCUT2D eigenvalue weighted by molar-refractivity contribution is -0.138. The van der Waals surface area contributed by atoms with Crippen LogP contribution in [0.15, 0.2) is 35.3 Å². The largest absolute Gasteiger partial charge is 0.416 e. The first-order valence-corrected chi connectivity index (χ1v) is 13.3. The van der Waals surface area contributed by atoms with Crippen LogP contribution in [0.3, 0.4) is 0 Å². The van der Waals surface area contributed by atoms with Gasteiger partial charge in [0.1, 0.15) is 0 Å². The molecule has 38 heavy (non-hydrogen) atoms. The highest BCUT2D eigenvalue weighted by atomic mass is 19.4. The molecule has 1 aromatic carbocycles. The van der Waals surface area contributed by atoms with Crippen molar-refractivity contribution in [2.75, 3.05) is 38.7 Å². The third kappa shape index (κ3) is 6.58. The average Bonchev–Trinajstić information content (AvgIpc) is 3.07. The zero-order chi connectivity index (χ0) is 27.4. The van der Waals surface area contributed by atoms with Gasteiger partial charge in [-0.05, 0) is 83.3 Å². The van der Waals surface area contributed by atoms with Gasteiger partial charge < -0.3 is 24.8 Å². The van der Waals surface area contributed by atoms with E-state index in [0.29, 0.717) is 42.9 Å². The Morgan fingerprint density at radius 3 is 2.58 bits per heavy atom. The number of aromatic nitrogens is 1. The summed E-state index contributed by atoms with van der Waals surface area (Å²) in [5.41, 5.74) is 0.338. The SMILES string of the molecule is Cc1c(C(C)NC(=O)c2cn(C3CCOCC3)c(=O)cc2N[C@H]2CCCN(C)CC2)cccc1C(F)(F)F. The molecule has 2 aliphatic heterocycles. The number of pyridine rings is 1. The number of amides is 1. The number of ether oxygens (including phenoxy) is 1. The zero-order valence-electron chi connectivity index (χ0n) is 22.2. The Bertz CT molecular complexity index is 1190. The van der Waals surface area contributed by atoms with Crippen LogP contribution < -0.4 is 16.2 Å². The fourth-order valence-electron chi connectivity index (χ4n) is 5.48. The summed E-state index contributed by atoms with van der Waals surface area (Å²) in [5, 5.41) is 6.33. The van der Waals surface area contributed by atoms with Crippen LogP contribution in [0, 0.1) is 6.92 Å². The predicted molar refractivity (Wildman–Crippen MR) is 141 cm³/mol. The Balaban J connectivity index is 1.64. The second kappa shape index (κ2) is 11.9. The van der Waals surface area contributed by atoms with E-state index in [-0.39, 0.29) is 23.2 Å². The van der Waals surface area contributed by atoms with Gasteiger partial charge in [-0.1, -0.05) is 12.1 Å². The van der Waals surface area contributed by atoms with E-state index < -0.39 is 23.7 Å².